The highest BCUT2D eigenvalue weighted by atomic mass is 16.4. The molecule has 1 aromatic carbocycles. The smallest absolute Gasteiger partial charge is 0.308 e. The first-order chi connectivity index (χ1) is 11.6. The molecule has 1 saturated carbocycles. The number of nitrogens with zero attached hydrogens (tertiary/aromatic N) is 5. The Hall–Kier alpha value is -2.77. The minimum Gasteiger partial charge on any atom is -0.481 e. The molecular weight excluding hydrogens is 310 g/mol. The van der Waals surface area contributed by atoms with Crippen molar-refractivity contribution < 1.29 is 14.7 Å². The number of likely N-dealkylation sites (tertiary alicyclic amines) is 1. The van der Waals surface area contributed by atoms with Crippen LogP contribution in [0.25, 0.3) is 5.69 Å². The Morgan fingerprint density at radius 1 is 1.17 bits per heavy atom. The molecule has 1 N–H and O–H groups in total. The summed E-state index contributed by atoms with van der Waals surface area (Å²) in [6.07, 6.45) is 3.57. The van der Waals surface area contributed by atoms with Crippen molar-refractivity contribution in [3.63, 3.8) is 0 Å². The van der Waals surface area contributed by atoms with Gasteiger partial charge in [-0.1, -0.05) is 12.1 Å². The number of carbonyl (C=O) groups is 2. The van der Waals surface area contributed by atoms with Gasteiger partial charge >= 0.3 is 5.97 Å². The SMILES string of the molecule is O=C(O)[C@H]1CN(C(=O)c2ccccc2-n2cnnn2)C[C@@H]1C1CC1. The number of tetrazole rings is 1. The van der Waals surface area contributed by atoms with E-state index in [2.05, 4.69) is 15.5 Å². The van der Waals surface area contributed by atoms with Gasteiger partial charge < -0.3 is 10.0 Å². The van der Waals surface area contributed by atoms with Gasteiger partial charge in [-0.3, -0.25) is 9.59 Å². The molecule has 2 heterocycles. The lowest BCUT2D eigenvalue weighted by molar-refractivity contribution is -0.142. The molecule has 1 saturated heterocycles. The van der Waals surface area contributed by atoms with Gasteiger partial charge in [-0.15, -0.1) is 5.10 Å². The Bertz CT molecular complexity index is 772. The molecule has 1 aliphatic carbocycles. The quantitative estimate of drug-likeness (QED) is 0.893. The second-order valence-corrected chi connectivity index (χ2v) is 6.43. The van der Waals surface area contributed by atoms with Crippen LogP contribution in [0.15, 0.2) is 30.6 Å². The minimum absolute atomic E-state index is 0.0617. The maximum Gasteiger partial charge on any atom is 0.308 e. The highest BCUT2D eigenvalue weighted by Gasteiger charge is 2.47. The predicted molar refractivity (Wildman–Crippen MR) is 82.4 cm³/mol. The number of hydrogen-bond donors (Lipinski definition) is 1. The van der Waals surface area contributed by atoms with Crippen LogP contribution in [0.3, 0.4) is 0 Å². The van der Waals surface area contributed by atoms with Crippen molar-refractivity contribution in [2.75, 3.05) is 13.1 Å². The van der Waals surface area contributed by atoms with Gasteiger partial charge in [-0.25, -0.2) is 0 Å². The van der Waals surface area contributed by atoms with Crippen LogP contribution < -0.4 is 0 Å². The van der Waals surface area contributed by atoms with Gasteiger partial charge in [0.1, 0.15) is 6.33 Å². The molecule has 2 aliphatic rings. The molecule has 124 valence electrons. The lowest BCUT2D eigenvalue weighted by atomic mass is 9.92. The summed E-state index contributed by atoms with van der Waals surface area (Å²) in [5, 5.41) is 20.5. The molecule has 1 aromatic heterocycles. The van der Waals surface area contributed by atoms with Gasteiger partial charge in [0.2, 0.25) is 0 Å². The first kappa shape index (κ1) is 14.8. The van der Waals surface area contributed by atoms with E-state index < -0.39 is 11.9 Å². The zero-order valence-electron chi connectivity index (χ0n) is 12.9. The third-order valence-corrected chi connectivity index (χ3v) is 4.93. The third-order valence-electron chi connectivity index (χ3n) is 4.93. The number of aliphatic carboxylic acids is 1. The van der Waals surface area contributed by atoms with Crippen LogP contribution in [0.4, 0.5) is 0 Å². The third kappa shape index (κ3) is 2.53. The van der Waals surface area contributed by atoms with Crippen molar-refractivity contribution in [1.29, 1.82) is 0 Å². The van der Waals surface area contributed by atoms with Crippen LogP contribution in [0.1, 0.15) is 23.2 Å². The molecule has 8 heteroatoms. The largest absolute Gasteiger partial charge is 0.481 e. The number of hydrogen-bond acceptors (Lipinski definition) is 5. The number of carboxylic acid groups (broad SMARTS) is 1. The van der Waals surface area contributed by atoms with Crippen LogP contribution >= 0.6 is 0 Å². The van der Waals surface area contributed by atoms with Crippen LogP contribution in [0.2, 0.25) is 0 Å². The summed E-state index contributed by atoms with van der Waals surface area (Å²) in [5.41, 5.74) is 1.07. The fourth-order valence-corrected chi connectivity index (χ4v) is 3.55. The zero-order valence-corrected chi connectivity index (χ0v) is 12.9. The summed E-state index contributed by atoms with van der Waals surface area (Å²) in [6.45, 7) is 0.768. The second kappa shape index (κ2) is 5.70. The van der Waals surface area contributed by atoms with Gasteiger partial charge in [0.25, 0.3) is 5.91 Å². The first-order valence-electron chi connectivity index (χ1n) is 7.99. The Morgan fingerprint density at radius 3 is 2.62 bits per heavy atom. The van der Waals surface area contributed by atoms with E-state index in [1.807, 2.05) is 6.07 Å². The first-order valence-corrected chi connectivity index (χ1v) is 7.99. The molecular formula is C16H17N5O3. The van der Waals surface area contributed by atoms with Crippen molar-refractivity contribution in [2.45, 2.75) is 12.8 Å². The van der Waals surface area contributed by atoms with Crippen LogP contribution in [0, 0.1) is 17.8 Å². The van der Waals surface area contributed by atoms with Crippen molar-refractivity contribution in [3.05, 3.63) is 36.2 Å². The van der Waals surface area contributed by atoms with E-state index in [9.17, 15) is 14.7 Å². The molecule has 0 radical (unpaired) electrons. The minimum atomic E-state index is -0.809. The van der Waals surface area contributed by atoms with Crippen LogP contribution in [-0.2, 0) is 4.79 Å². The predicted octanol–water partition coefficient (Wildman–Crippen LogP) is 0.845. The molecule has 24 heavy (non-hydrogen) atoms. The van der Waals surface area contributed by atoms with E-state index in [1.54, 1.807) is 23.1 Å². The van der Waals surface area contributed by atoms with E-state index in [-0.39, 0.29) is 18.4 Å². The molecule has 2 aromatic rings. The maximum atomic E-state index is 13.0. The van der Waals surface area contributed by atoms with Crippen molar-refractivity contribution in [1.82, 2.24) is 25.1 Å². The Morgan fingerprint density at radius 2 is 1.96 bits per heavy atom. The van der Waals surface area contributed by atoms with E-state index in [0.29, 0.717) is 23.7 Å². The monoisotopic (exact) mass is 327 g/mol. The Labute approximate surface area is 138 Å². The number of rotatable bonds is 4. The lowest BCUT2D eigenvalue weighted by Crippen LogP contribution is -2.30. The number of carbonyl (C=O) groups excluding carboxylic acids is 1. The highest BCUT2D eigenvalue weighted by Crippen LogP contribution is 2.44. The average Bonchev–Trinajstić information content (AvgIpc) is 3.12. The summed E-state index contributed by atoms with van der Waals surface area (Å²) in [4.78, 5) is 26.2. The number of carboxylic acids is 1. The highest BCUT2D eigenvalue weighted by molar-refractivity contribution is 5.98. The van der Waals surface area contributed by atoms with E-state index in [4.69, 9.17) is 0 Å². The molecule has 0 unspecified atom stereocenters. The number of aromatic nitrogens is 4. The fraction of sp³-hybridized carbons (Fsp3) is 0.438. The second-order valence-electron chi connectivity index (χ2n) is 6.43. The summed E-state index contributed by atoms with van der Waals surface area (Å²) in [7, 11) is 0. The van der Waals surface area contributed by atoms with Gasteiger partial charge in [0.15, 0.2) is 0 Å². The molecule has 1 aliphatic heterocycles. The fourth-order valence-electron chi connectivity index (χ4n) is 3.55. The summed E-state index contributed by atoms with van der Waals surface area (Å²) >= 11 is 0. The molecule has 0 spiro atoms. The number of benzene rings is 1. The molecule has 2 fully saturated rings. The van der Waals surface area contributed by atoms with Gasteiger partial charge in [-0.2, -0.15) is 4.68 Å². The molecule has 1 amide bonds. The Kier molecular flexibility index (Phi) is 3.51. The topological polar surface area (TPSA) is 101 Å². The van der Waals surface area contributed by atoms with E-state index in [1.165, 1.54) is 11.0 Å². The van der Waals surface area contributed by atoms with Crippen LogP contribution in [0.5, 0.6) is 0 Å². The molecule has 8 nitrogen and oxygen atoms in total. The average molecular weight is 327 g/mol. The number of amides is 1. The summed E-state index contributed by atoms with van der Waals surface area (Å²) in [6, 6.07) is 7.08. The van der Waals surface area contributed by atoms with Crippen LogP contribution in [-0.4, -0.2) is 55.2 Å². The number of para-hydroxylation sites is 1. The normalized spacial score (nSPS) is 23.4. The van der Waals surface area contributed by atoms with Gasteiger partial charge in [-0.05, 0) is 47.2 Å². The van der Waals surface area contributed by atoms with Gasteiger partial charge in [0, 0.05) is 13.1 Å². The Balaban J connectivity index is 1.62. The zero-order chi connectivity index (χ0) is 16.7. The summed E-state index contributed by atoms with van der Waals surface area (Å²) in [5.74, 6) is -0.946. The summed E-state index contributed by atoms with van der Waals surface area (Å²) < 4.78 is 1.44. The molecule has 2 atom stereocenters. The van der Waals surface area contributed by atoms with Crippen molar-refractivity contribution >= 4 is 11.9 Å². The standard InChI is InChI=1S/C16H17N5O3/c22-15(11-3-1-2-4-14(11)21-9-17-18-19-21)20-7-12(10-5-6-10)13(8-20)16(23)24/h1-4,9-10,12-13H,5-8H2,(H,23,24)/t12-,13+/m1/s1. The lowest BCUT2D eigenvalue weighted by Gasteiger charge is -2.18. The van der Waals surface area contributed by atoms with E-state index in [0.717, 1.165) is 12.8 Å². The molecule has 4 rings (SSSR count). The van der Waals surface area contributed by atoms with E-state index >= 15 is 0 Å². The van der Waals surface area contributed by atoms with Gasteiger partial charge in [0.05, 0.1) is 17.2 Å². The van der Waals surface area contributed by atoms with Crippen molar-refractivity contribution in [3.8, 4) is 5.69 Å². The van der Waals surface area contributed by atoms with Crippen molar-refractivity contribution in [2.24, 2.45) is 17.8 Å². The maximum absolute atomic E-state index is 13.0. The molecule has 0 bridgehead atoms.